The van der Waals surface area contributed by atoms with Crippen molar-refractivity contribution in [3.63, 3.8) is 0 Å². The van der Waals surface area contributed by atoms with Crippen molar-refractivity contribution in [3.8, 4) is 5.75 Å². The molecule has 1 amide bonds. The molecule has 0 radical (unpaired) electrons. The second-order valence-electron chi connectivity index (χ2n) is 11.9. The molecule has 2 saturated heterocycles. The van der Waals surface area contributed by atoms with Gasteiger partial charge in [0, 0.05) is 56.7 Å². The zero-order valence-corrected chi connectivity index (χ0v) is 29.6. The van der Waals surface area contributed by atoms with Crippen LogP contribution in [0.4, 0.5) is 10.1 Å². The van der Waals surface area contributed by atoms with Crippen molar-refractivity contribution in [1.29, 1.82) is 0 Å². The first-order valence-corrected chi connectivity index (χ1v) is 16.7. The molecular formula is C41H56FN3O2. The van der Waals surface area contributed by atoms with Gasteiger partial charge in [-0.1, -0.05) is 44.4 Å². The zero-order chi connectivity index (χ0) is 35.1. The van der Waals surface area contributed by atoms with Crippen LogP contribution >= 0.6 is 0 Å². The maximum atomic E-state index is 14.2. The summed E-state index contributed by atoms with van der Waals surface area (Å²) in [4.78, 5) is 14.7. The molecular weight excluding hydrogens is 585 g/mol. The second kappa shape index (κ2) is 19.5. The highest BCUT2D eigenvalue weighted by molar-refractivity contribution is 5.83. The summed E-state index contributed by atoms with van der Waals surface area (Å²) in [5.74, 6) is 0.993. The molecule has 2 heterocycles. The minimum absolute atomic E-state index is 0.167. The number of carbonyl (C=O) groups excluding carboxylic acids is 1. The van der Waals surface area contributed by atoms with Crippen molar-refractivity contribution in [2.45, 2.75) is 84.8 Å². The quantitative estimate of drug-likeness (QED) is 0.242. The van der Waals surface area contributed by atoms with E-state index in [0.717, 1.165) is 75.0 Å². The van der Waals surface area contributed by atoms with Crippen LogP contribution in [0.3, 0.4) is 0 Å². The lowest BCUT2D eigenvalue weighted by Crippen LogP contribution is -2.38. The van der Waals surface area contributed by atoms with E-state index < -0.39 is 0 Å². The summed E-state index contributed by atoms with van der Waals surface area (Å²) in [7, 11) is 3.36. The third kappa shape index (κ3) is 10.2. The average Bonchev–Trinajstić information content (AvgIpc) is 3.40. The molecule has 1 atom stereocenters. The van der Waals surface area contributed by atoms with Crippen LogP contribution in [0.5, 0.6) is 5.75 Å². The topological polar surface area (TPSA) is 58.8 Å². The van der Waals surface area contributed by atoms with Gasteiger partial charge in [-0.15, -0.1) is 18.9 Å². The minimum atomic E-state index is -0.219. The van der Waals surface area contributed by atoms with Gasteiger partial charge in [0.05, 0.1) is 0 Å². The zero-order valence-electron chi connectivity index (χ0n) is 29.6. The van der Waals surface area contributed by atoms with Crippen molar-refractivity contribution in [2.24, 2.45) is 5.73 Å². The van der Waals surface area contributed by atoms with E-state index in [0.29, 0.717) is 11.6 Å². The summed E-state index contributed by atoms with van der Waals surface area (Å²) in [5.41, 5.74) is 16.9. The van der Waals surface area contributed by atoms with Gasteiger partial charge in [-0.25, -0.2) is 4.39 Å². The Bertz CT molecular complexity index is 1480. The maximum Gasteiger partial charge on any atom is 0.222 e. The number of halogens is 1. The lowest BCUT2D eigenvalue weighted by atomic mass is 9.82. The molecule has 3 aliphatic rings. The number of likely N-dealkylation sites (tertiary alicyclic amines) is 1. The summed E-state index contributed by atoms with van der Waals surface area (Å²) in [6.07, 6.45) is 10.8. The van der Waals surface area contributed by atoms with Crippen molar-refractivity contribution in [1.82, 2.24) is 4.90 Å². The molecule has 47 heavy (non-hydrogen) atoms. The van der Waals surface area contributed by atoms with Crippen molar-refractivity contribution >= 4 is 23.2 Å². The summed E-state index contributed by atoms with van der Waals surface area (Å²) < 4.78 is 20.5. The number of benzene rings is 2. The highest BCUT2D eigenvalue weighted by atomic mass is 19.1. The van der Waals surface area contributed by atoms with Gasteiger partial charge in [0.1, 0.15) is 17.7 Å². The number of carbonyl (C=O) groups is 1. The molecule has 2 aliphatic heterocycles. The highest BCUT2D eigenvalue weighted by Gasteiger charge is 2.24. The Kier molecular flexibility index (Phi) is 16.2. The van der Waals surface area contributed by atoms with Crippen LogP contribution in [-0.2, 0) is 4.79 Å². The molecule has 0 aromatic heterocycles. The van der Waals surface area contributed by atoms with Gasteiger partial charge in [-0.05, 0) is 111 Å². The number of amides is 1. The molecule has 5 rings (SSSR count). The van der Waals surface area contributed by atoms with Gasteiger partial charge in [-0.3, -0.25) is 4.79 Å². The van der Waals surface area contributed by atoms with E-state index in [1.807, 2.05) is 13.1 Å². The second-order valence-corrected chi connectivity index (χ2v) is 11.9. The van der Waals surface area contributed by atoms with Gasteiger partial charge in [0.2, 0.25) is 5.91 Å². The highest BCUT2D eigenvalue weighted by Crippen LogP contribution is 2.39. The molecule has 1 aliphatic carbocycles. The van der Waals surface area contributed by atoms with E-state index in [2.05, 4.69) is 94.7 Å². The summed E-state index contributed by atoms with van der Waals surface area (Å²) in [6.45, 7) is 23.8. The number of allylic oxidation sites excluding steroid dienone is 5. The smallest absolute Gasteiger partial charge is 0.222 e. The number of anilines is 1. The van der Waals surface area contributed by atoms with E-state index in [-0.39, 0.29) is 17.8 Å². The summed E-state index contributed by atoms with van der Waals surface area (Å²) in [5, 5.41) is 0. The number of piperidine rings is 1. The lowest BCUT2D eigenvalue weighted by molar-refractivity contribution is -0.127. The van der Waals surface area contributed by atoms with Crippen LogP contribution in [0.25, 0.3) is 11.6 Å². The molecule has 2 aromatic carbocycles. The number of ether oxygens (including phenoxy) is 1. The number of rotatable bonds is 7. The Labute approximate surface area is 283 Å². The largest absolute Gasteiger partial charge is 0.490 e. The van der Waals surface area contributed by atoms with E-state index in [1.165, 1.54) is 34.9 Å². The van der Waals surface area contributed by atoms with Crippen LogP contribution in [0.1, 0.15) is 82.4 Å². The van der Waals surface area contributed by atoms with Crippen LogP contribution < -0.4 is 15.4 Å². The Balaban J connectivity index is 0.000000547. The first-order chi connectivity index (χ1) is 22.7. The van der Waals surface area contributed by atoms with E-state index >= 15 is 0 Å². The monoisotopic (exact) mass is 641 g/mol. The Morgan fingerprint density at radius 2 is 1.79 bits per heavy atom. The minimum Gasteiger partial charge on any atom is -0.490 e. The van der Waals surface area contributed by atoms with E-state index in [9.17, 15) is 9.18 Å². The SMILES string of the molecule is C=C.C=C=C(C)C1=C(CC)C(c2ccc(OC3CCN(c4ccc(C=C)c(F)c4)CC3)cc2C)=CCC1.CC1CCC(=O)N1C.CN. The van der Waals surface area contributed by atoms with Crippen molar-refractivity contribution in [3.05, 3.63) is 114 Å². The third-order valence-corrected chi connectivity index (χ3v) is 9.14. The van der Waals surface area contributed by atoms with Gasteiger partial charge in [-0.2, -0.15) is 0 Å². The number of hydrogen-bond acceptors (Lipinski definition) is 4. The third-order valence-electron chi connectivity index (χ3n) is 9.14. The summed E-state index contributed by atoms with van der Waals surface area (Å²) >= 11 is 0. The number of nitrogens with two attached hydrogens (primary N) is 1. The lowest BCUT2D eigenvalue weighted by Gasteiger charge is -2.34. The molecule has 6 heteroatoms. The van der Waals surface area contributed by atoms with Gasteiger partial charge >= 0.3 is 0 Å². The van der Waals surface area contributed by atoms with Crippen LogP contribution in [0.15, 0.2) is 91.2 Å². The summed E-state index contributed by atoms with van der Waals surface area (Å²) in [6, 6.07) is 12.3. The van der Waals surface area contributed by atoms with Gasteiger partial charge < -0.3 is 20.3 Å². The Morgan fingerprint density at radius 3 is 2.28 bits per heavy atom. The molecule has 2 fully saturated rings. The molecule has 5 nitrogen and oxygen atoms in total. The number of hydrogen-bond donors (Lipinski definition) is 1. The standard InChI is InChI=1S/C32H36FNO.C6H11NO.C2H4.CH5N/c1-6-22(4)29-10-9-11-31(28(29)8-3)30-15-14-27(20-23(30)5)35-26-16-18-34(19-17-26)25-13-12-24(7-2)32(33)21-25;1-5-3-4-6(8)7(5)2;2*1-2/h7,11-15,20-21,26H,1-2,8-10,16-19H2,3-5H3;5H,3-4H2,1-2H3;1-2H2;2H2,1H3. The molecule has 2 aromatic rings. The van der Waals surface area contributed by atoms with Crippen LogP contribution in [-0.4, -0.2) is 50.1 Å². The van der Waals surface area contributed by atoms with Gasteiger partial charge in [0.25, 0.3) is 0 Å². The van der Waals surface area contributed by atoms with Crippen LogP contribution in [0, 0.1) is 12.7 Å². The number of aryl methyl sites for hydroxylation is 1. The normalized spacial score (nSPS) is 17.6. The Morgan fingerprint density at radius 1 is 1.11 bits per heavy atom. The predicted molar refractivity (Wildman–Crippen MR) is 199 cm³/mol. The number of nitrogens with zero attached hydrogens (tertiary/aromatic N) is 2. The Hall–Kier alpha value is -4.12. The average molecular weight is 642 g/mol. The molecule has 1 unspecified atom stereocenters. The first-order valence-electron chi connectivity index (χ1n) is 16.7. The molecule has 0 bridgehead atoms. The maximum absolute atomic E-state index is 14.2. The fourth-order valence-corrected chi connectivity index (χ4v) is 6.26. The fourth-order valence-electron chi connectivity index (χ4n) is 6.26. The molecule has 0 saturated carbocycles. The van der Waals surface area contributed by atoms with Crippen molar-refractivity contribution < 1.29 is 13.9 Å². The first kappa shape index (κ1) is 39.1. The fraction of sp³-hybridized carbons (Fsp3) is 0.415. The van der Waals surface area contributed by atoms with Crippen LogP contribution in [0.2, 0.25) is 0 Å². The molecule has 254 valence electrons. The van der Waals surface area contributed by atoms with E-state index in [4.69, 9.17) is 4.74 Å². The van der Waals surface area contributed by atoms with E-state index in [1.54, 1.807) is 23.1 Å². The van der Waals surface area contributed by atoms with Crippen molar-refractivity contribution in [2.75, 3.05) is 32.1 Å². The molecule has 2 N–H and O–H groups in total. The predicted octanol–water partition coefficient (Wildman–Crippen LogP) is 9.44. The van der Waals surface area contributed by atoms with Gasteiger partial charge in [0.15, 0.2) is 0 Å². The molecule has 0 spiro atoms.